The van der Waals surface area contributed by atoms with Crippen molar-refractivity contribution in [3.05, 3.63) is 51.2 Å². The van der Waals surface area contributed by atoms with Gasteiger partial charge in [-0.1, -0.05) is 23.7 Å². The first kappa shape index (κ1) is 18.5. The van der Waals surface area contributed by atoms with Crippen molar-refractivity contribution in [1.29, 1.82) is 0 Å². The van der Waals surface area contributed by atoms with Crippen molar-refractivity contribution in [3.8, 4) is 0 Å². The summed E-state index contributed by atoms with van der Waals surface area (Å²) >= 11 is 6.03. The summed E-state index contributed by atoms with van der Waals surface area (Å²) in [5, 5.41) is 3.81. The zero-order valence-electron chi connectivity index (χ0n) is 13.8. The molecule has 2 aromatic rings. The predicted molar refractivity (Wildman–Crippen MR) is 88.1 cm³/mol. The summed E-state index contributed by atoms with van der Waals surface area (Å²) in [5.74, 6) is -1.46. The van der Waals surface area contributed by atoms with E-state index in [4.69, 9.17) is 11.6 Å². The molecule has 1 fully saturated rings. The van der Waals surface area contributed by atoms with E-state index in [-0.39, 0.29) is 5.91 Å². The highest BCUT2D eigenvalue weighted by Gasteiger charge is 2.39. The second-order valence-electron chi connectivity index (χ2n) is 6.11. The van der Waals surface area contributed by atoms with Crippen LogP contribution in [-0.2, 0) is 13.2 Å². The molecule has 1 aromatic carbocycles. The number of likely N-dealkylation sites (tertiary alicyclic amines) is 1. The Kier molecular flexibility index (Phi) is 4.83. The molecule has 10 heteroatoms. The highest BCUT2D eigenvalue weighted by molar-refractivity contribution is 6.33. The molecule has 1 saturated heterocycles. The molecule has 2 heterocycles. The van der Waals surface area contributed by atoms with Gasteiger partial charge < -0.3 is 4.90 Å². The van der Waals surface area contributed by atoms with Crippen LogP contribution in [0.3, 0.4) is 0 Å². The average Bonchev–Trinajstić information content (AvgIpc) is 2.90. The van der Waals surface area contributed by atoms with Crippen LogP contribution in [0.15, 0.2) is 29.1 Å². The van der Waals surface area contributed by atoms with Crippen LogP contribution in [-0.4, -0.2) is 38.2 Å². The second kappa shape index (κ2) is 6.79. The number of piperidine rings is 1. The smallest absolute Gasteiger partial charge is 0.338 e. The third-order valence-electron chi connectivity index (χ3n) is 4.46. The number of amides is 1. The van der Waals surface area contributed by atoms with Gasteiger partial charge in [-0.15, -0.1) is 5.10 Å². The molecule has 0 spiro atoms. The van der Waals surface area contributed by atoms with E-state index in [2.05, 4.69) is 5.10 Å². The maximum absolute atomic E-state index is 12.9. The molecule has 0 N–H and O–H groups in total. The molecule has 1 aliphatic heterocycles. The minimum atomic E-state index is -4.69. The Morgan fingerprint density at radius 2 is 1.85 bits per heavy atom. The quantitative estimate of drug-likeness (QED) is 0.794. The van der Waals surface area contributed by atoms with Crippen molar-refractivity contribution >= 4 is 17.5 Å². The number of halogens is 4. The van der Waals surface area contributed by atoms with Crippen molar-refractivity contribution in [2.75, 3.05) is 13.1 Å². The summed E-state index contributed by atoms with van der Waals surface area (Å²) < 4.78 is 40.1. The number of nitrogens with zero attached hydrogens (tertiary/aromatic N) is 4. The number of alkyl halides is 3. The molecule has 0 saturated carbocycles. The van der Waals surface area contributed by atoms with Gasteiger partial charge in [0.1, 0.15) is 0 Å². The number of hydrogen-bond acceptors (Lipinski definition) is 3. The number of rotatable bonds is 2. The lowest BCUT2D eigenvalue weighted by molar-refractivity contribution is -0.147. The van der Waals surface area contributed by atoms with Crippen molar-refractivity contribution < 1.29 is 18.0 Å². The van der Waals surface area contributed by atoms with Crippen molar-refractivity contribution in [2.45, 2.75) is 25.1 Å². The topological polar surface area (TPSA) is 60.1 Å². The largest absolute Gasteiger partial charge is 0.451 e. The highest BCUT2D eigenvalue weighted by atomic mass is 35.5. The molecular formula is C16H16ClF3N4O2. The number of hydrogen-bond donors (Lipinski definition) is 0. The third-order valence-corrected chi connectivity index (χ3v) is 4.79. The van der Waals surface area contributed by atoms with Gasteiger partial charge in [-0.25, -0.2) is 9.48 Å². The molecule has 1 amide bonds. The molecule has 0 bridgehead atoms. The van der Waals surface area contributed by atoms with Gasteiger partial charge in [0.25, 0.3) is 5.91 Å². The van der Waals surface area contributed by atoms with Gasteiger partial charge in [-0.05, 0) is 25.0 Å². The molecule has 140 valence electrons. The van der Waals surface area contributed by atoms with Crippen LogP contribution in [0.1, 0.15) is 35.1 Å². The Morgan fingerprint density at radius 3 is 2.38 bits per heavy atom. The lowest BCUT2D eigenvalue weighted by Gasteiger charge is -2.31. The molecule has 1 aliphatic rings. The second-order valence-corrected chi connectivity index (χ2v) is 6.52. The highest BCUT2D eigenvalue weighted by Crippen LogP contribution is 2.28. The maximum atomic E-state index is 12.9. The summed E-state index contributed by atoms with van der Waals surface area (Å²) in [4.78, 5) is 26.2. The van der Waals surface area contributed by atoms with E-state index >= 15 is 0 Å². The van der Waals surface area contributed by atoms with E-state index in [9.17, 15) is 22.8 Å². The van der Waals surface area contributed by atoms with E-state index in [1.165, 1.54) is 0 Å². The SMILES string of the molecule is Cn1c(C(F)(F)F)nn(C2CCN(C(=O)c3ccccc3Cl)CC2)c1=O. The lowest BCUT2D eigenvalue weighted by Crippen LogP contribution is -2.41. The minimum absolute atomic E-state index is 0.238. The molecule has 1 aromatic heterocycles. The Morgan fingerprint density at radius 1 is 1.23 bits per heavy atom. The summed E-state index contributed by atoms with van der Waals surface area (Å²) in [6.07, 6.45) is -4.02. The van der Waals surface area contributed by atoms with Gasteiger partial charge in [-0.3, -0.25) is 9.36 Å². The number of aromatic nitrogens is 3. The molecule has 0 atom stereocenters. The predicted octanol–water partition coefficient (Wildman–Crippen LogP) is 2.73. The molecule has 0 unspecified atom stereocenters. The van der Waals surface area contributed by atoms with Gasteiger partial charge in [0.2, 0.25) is 5.82 Å². The van der Waals surface area contributed by atoms with Crippen molar-refractivity contribution in [1.82, 2.24) is 19.2 Å². The Hall–Kier alpha value is -2.29. The van der Waals surface area contributed by atoms with E-state index in [0.29, 0.717) is 41.1 Å². The normalized spacial score (nSPS) is 16.1. The van der Waals surface area contributed by atoms with E-state index in [0.717, 1.165) is 11.7 Å². The van der Waals surface area contributed by atoms with Crippen LogP contribution in [0, 0.1) is 0 Å². The standard InChI is InChI=1S/C16H16ClF3N4O2/c1-22-14(16(18,19)20)21-24(15(22)26)10-6-8-23(9-7-10)13(25)11-4-2-3-5-12(11)17/h2-5,10H,6-9H2,1H3. The average molecular weight is 389 g/mol. The minimum Gasteiger partial charge on any atom is -0.338 e. The van der Waals surface area contributed by atoms with Gasteiger partial charge in [-0.2, -0.15) is 13.2 Å². The number of carbonyl (C=O) groups excluding carboxylic acids is 1. The monoisotopic (exact) mass is 388 g/mol. The fourth-order valence-electron chi connectivity index (χ4n) is 3.06. The first-order chi connectivity index (χ1) is 12.2. The molecule has 3 rings (SSSR count). The Labute approximate surface area is 151 Å². The van der Waals surface area contributed by atoms with Gasteiger partial charge in [0.05, 0.1) is 16.6 Å². The molecule has 26 heavy (non-hydrogen) atoms. The lowest BCUT2D eigenvalue weighted by atomic mass is 10.0. The van der Waals surface area contributed by atoms with Gasteiger partial charge in [0.15, 0.2) is 0 Å². The van der Waals surface area contributed by atoms with E-state index in [1.807, 2.05) is 0 Å². The number of carbonyl (C=O) groups is 1. The molecule has 0 radical (unpaired) electrons. The summed E-state index contributed by atoms with van der Waals surface area (Å²) in [6, 6.07) is 6.18. The van der Waals surface area contributed by atoms with Gasteiger partial charge >= 0.3 is 11.9 Å². The first-order valence-electron chi connectivity index (χ1n) is 7.96. The zero-order chi connectivity index (χ0) is 19.1. The Balaban J connectivity index is 1.75. The summed E-state index contributed by atoms with van der Waals surface area (Å²) in [7, 11) is 1.05. The molecule has 0 aliphatic carbocycles. The van der Waals surface area contributed by atoms with Gasteiger partial charge in [0, 0.05) is 20.1 Å². The van der Waals surface area contributed by atoms with Crippen LogP contribution in [0.2, 0.25) is 5.02 Å². The van der Waals surface area contributed by atoms with E-state index < -0.39 is 23.7 Å². The van der Waals surface area contributed by atoms with Crippen molar-refractivity contribution in [3.63, 3.8) is 0 Å². The van der Waals surface area contributed by atoms with Crippen LogP contribution in [0.5, 0.6) is 0 Å². The fourth-order valence-corrected chi connectivity index (χ4v) is 3.28. The first-order valence-corrected chi connectivity index (χ1v) is 8.34. The Bertz CT molecular complexity index is 882. The van der Waals surface area contributed by atoms with Crippen LogP contribution in [0.4, 0.5) is 13.2 Å². The zero-order valence-corrected chi connectivity index (χ0v) is 14.6. The van der Waals surface area contributed by atoms with Crippen LogP contribution < -0.4 is 5.69 Å². The maximum Gasteiger partial charge on any atom is 0.451 e. The van der Waals surface area contributed by atoms with Crippen molar-refractivity contribution in [2.24, 2.45) is 7.05 Å². The van der Waals surface area contributed by atoms with Crippen LogP contribution in [0.25, 0.3) is 0 Å². The molecular weight excluding hydrogens is 373 g/mol. The van der Waals surface area contributed by atoms with E-state index in [1.54, 1.807) is 29.2 Å². The third kappa shape index (κ3) is 3.35. The number of benzene rings is 1. The summed E-state index contributed by atoms with van der Waals surface area (Å²) in [5.41, 5.74) is -0.435. The fraction of sp³-hybridized carbons (Fsp3) is 0.438. The summed E-state index contributed by atoms with van der Waals surface area (Å²) in [6.45, 7) is 0.609. The molecule has 6 nitrogen and oxygen atoms in total. The van der Waals surface area contributed by atoms with Crippen LogP contribution >= 0.6 is 11.6 Å².